The predicted molar refractivity (Wildman–Crippen MR) is 60.7 cm³/mol. The molecule has 1 aliphatic rings. The van der Waals surface area contributed by atoms with Crippen molar-refractivity contribution in [2.45, 2.75) is 32.2 Å². The first kappa shape index (κ1) is 10.2. The summed E-state index contributed by atoms with van der Waals surface area (Å²) in [5, 5.41) is 2.85. The number of amides is 1. The van der Waals surface area contributed by atoms with Gasteiger partial charge in [0.15, 0.2) is 0 Å². The maximum absolute atomic E-state index is 11.4. The molecule has 2 rings (SSSR count). The van der Waals surface area contributed by atoms with Crippen LogP contribution in [0.1, 0.15) is 43.4 Å². The minimum absolute atomic E-state index is 0.0518. The average Bonchev–Trinajstić information content (AvgIpc) is 2.54. The van der Waals surface area contributed by atoms with Crippen LogP contribution in [0.5, 0.6) is 0 Å². The summed E-state index contributed by atoms with van der Waals surface area (Å²) in [4.78, 5) is 11.4. The molecule has 1 aromatic carbocycles. The molecule has 0 saturated carbocycles. The molecule has 0 bridgehead atoms. The van der Waals surface area contributed by atoms with Crippen molar-refractivity contribution in [3.8, 4) is 0 Å². The number of rotatable bonds is 2. The zero-order valence-corrected chi connectivity index (χ0v) is 9.08. The van der Waals surface area contributed by atoms with Gasteiger partial charge in [-0.05, 0) is 30.5 Å². The van der Waals surface area contributed by atoms with Gasteiger partial charge in [0, 0.05) is 11.7 Å². The normalized spacial score (nSPS) is 21.0. The molecule has 15 heavy (non-hydrogen) atoms. The molecule has 3 nitrogen and oxygen atoms in total. The molecule has 1 heterocycles. The summed E-state index contributed by atoms with van der Waals surface area (Å²) in [5.41, 5.74) is 9.07. The van der Waals surface area contributed by atoms with Gasteiger partial charge in [0.25, 0.3) is 0 Å². The van der Waals surface area contributed by atoms with Gasteiger partial charge in [0.1, 0.15) is 0 Å². The average molecular weight is 204 g/mol. The standard InChI is InChI=1S/C12H16N2O/c1-3-10(13)8-4-5-11-9(6-8)7(2)12(15)14-11/h4-7,10H,3,13H2,1-2H3,(H,14,15). The molecule has 0 spiro atoms. The molecule has 1 aliphatic heterocycles. The lowest BCUT2D eigenvalue weighted by molar-refractivity contribution is -0.116. The number of nitrogens with one attached hydrogen (secondary N) is 1. The SMILES string of the molecule is CCC(N)c1ccc2c(c1)C(C)C(=O)N2. The molecule has 0 saturated heterocycles. The number of carbonyl (C=O) groups is 1. The van der Waals surface area contributed by atoms with Gasteiger partial charge in [-0.25, -0.2) is 0 Å². The van der Waals surface area contributed by atoms with E-state index in [-0.39, 0.29) is 17.9 Å². The quantitative estimate of drug-likeness (QED) is 0.775. The van der Waals surface area contributed by atoms with Crippen LogP contribution in [0, 0.1) is 0 Å². The monoisotopic (exact) mass is 204 g/mol. The highest BCUT2D eigenvalue weighted by atomic mass is 16.2. The summed E-state index contributed by atoms with van der Waals surface area (Å²) >= 11 is 0. The Morgan fingerprint density at radius 3 is 2.93 bits per heavy atom. The van der Waals surface area contributed by atoms with Gasteiger partial charge in [-0.15, -0.1) is 0 Å². The van der Waals surface area contributed by atoms with Crippen LogP contribution >= 0.6 is 0 Å². The lowest BCUT2D eigenvalue weighted by Gasteiger charge is -2.11. The van der Waals surface area contributed by atoms with Crippen LogP contribution in [0.4, 0.5) is 5.69 Å². The lowest BCUT2D eigenvalue weighted by Crippen LogP contribution is -2.09. The van der Waals surface area contributed by atoms with E-state index < -0.39 is 0 Å². The van der Waals surface area contributed by atoms with Crippen LogP contribution in [0.3, 0.4) is 0 Å². The van der Waals surface area contributed by atoms with Gasteiger partial charge in [-0.2, -0.15) is 0 Å². The zero-order chi connectivity index (χ0) is 11.0. The highest BCUT2D eigenvalue weighted by molar-refractivity contribution is 6.02. The summed E-state index contributed by atoms with van der Waals surface area (Å²) in [6.07, 6.45) is 0.911. The minimum Gasteiger partial charge on any atom is -0.325 e. The Morgan fingerprint density at radius 2 is 2.27 bits per heavy atom. The third kappa shape index (κ3) is 1.63. The van der Waals surface area contributed by atoms with Crippen LogP contribution in [0.25, 0.3) is 0 Å². The summed E-state index contributed by atoms with van der Waals surface area (Å²) in [6, 6.07) is 6.05. The van der Waals surface area contributed by atoms with Crippen molar-refractivity contribution in [3.63, 3.8) is 0 Å². The second kappa shape index (κ2) is 3.66. The lowest BCUT2D eigenvalue weighted by atomic mass is 9.97. The Kier molecular flexibility index (Phi) is 2.49. The number of hydrogen-bond donors (Lipinski definition) is 2. The third-order valence-corrected chi connectivity index (χ3v) is 3.06. The summed E-state index contributed by atoms with van der Waals surface area (Å²) in [6.45, 7) is 3.98. The fourth-order valence-corrected chi connectivity index (χ4v) is 1.90. The van der Waals surface area contributed by atoms with Crippen molar-refractivity contribution in [3.05, 3.63) is 29.3 Å². The molecule has 0 radical (unpaired) electrons. The molecule has 80 valence electrons. The molecule has 0 aromatic heterocycles. The minimum atomic E-state index is -0.0518. The Balaban J connectivity index is 2.39. The third-order valence-electron chi connectivity index (χ3n) is 3.06. The second-order valence-electron chi connectivity index (χ2n) is 4.07. The number of carbonyl (C=O) groups excluding carboxylic acids is 1. The molecule has 1 amide bonds. The van der Waals surface area contributed by atoms with Gasteiger partial charge >= 0.3 is 0 Å². The second-order valence-corrected chi connectivity index (χ2v) is 4.07. The van der Waals surface area contributed by atoms with Crippen molar-refractivity contribution >= 4 is 11.6 Å². The largest absolute Gasteiger partial charge is 0.325 e. The Labute approximate surface area is 89.7 Å². The Morgan fingerprint density at radius 1 is 1.53 bits per heavy atom. The number of anilines is 1. The Hall–Kier alpha value is -1.35. The predicted octanol–water partition coefficient (Wildman–Crippen LogP) is 2.15. The van der Waals surface area contributed by atoms with Gasteiger partial charge in [0.05, 0.1) is 5.92 Å². The first-order valence-electron chi connectivity index (χ1n) is 5.33. The van der Waals surface area contributed by atoms with E-state index in [1.54, 1.807) is 0 Å². The number of nitrogens with two attached hydrogens (primary N) is 1. The van der Waals surface area contributed by atoms with E-state index >= 15 is 0 Å². The summed E-state index contributed by atoms with van der Waals surface area (Å²) in [7, 11) is 0. The number of hydrogen-bond acceptors (Lipinski definition) is 2. The van der Waals surface area contributed by atoms with Crippen molar-refractivity contribution in [1.29, 1.82) is 0 Å². The fraction of sp³-hybridized carbons (Fsp3) is 0.417. The number of benzene rings is 1. The summed E-state index contributed by atoms with van der Waals surface area (Å²) in [5.74, 6) is 0.0243. The maximum Gasteiger partial charge on any atom is 0.231 e. The molecule has 0 fully saturated rings. The highest BCUT2D eigenvalue weighted by Gasteiger charge is 2.26. The van der Waals surface area contributed by atoms with Crippen LogP contribution in [-0.2, 0) is 4.79 Å². The number of fused-ring (bicyclic) bond motifs is 1. The molecule has 3 heteroatoms. The topological polar surface area (TPSA) is 55.1 Å². The molecular weight excluding hydrogens is 188 g/mol. The summed E-state index contributed by atoms with van der Waals surface area (Å²) < 4.78 is 0. The molecule has 2 atom stereocenters. The van der Waals surface area contributed by atoms with Crippen molar-refractivity contribution < 1.29 is 4.79 Å². The van der Waals surface area contributed by atoms with E-state index in [1.165, 1.54) is 0 Å². The molecule has 3 N–H and O–H groups in total. The van der Waals surface area contributed by atoms with E-state index in [1.807, 2.05) is 25.1 Å². The Bertz CT molecular complexity index is 401. The van der Waals surface area contributed by atoms with Crippen LogP contribution in [0.15, 0.2) is 18.2 Å². The molecular formula is C12H16N2O. The van der Waals surface area contributed by atoms with E-state index in [9.17, 15) is 4.79 Å². The van der Waals surface area contributed by atoms with Crippen LogP contribution in [0.2, 0.25) is 0 Å². The smallest absolute Gasteiger partial charge is 0.231 e. The van der Waals surface area contributed by atoms with Crippen LogP contribution in [-0.4, -0.2) is 5.91 Å². The van der Waals surface area contributed by atoms with Crippen molar-refractivity contribution in [1.82, 2.24) is 0 Å². The first-order chi connectivity index (χ1) is 7.13. The van der Waals surface area contributed by atoms with Crippen LogP contribution < -0.4 is 11.1 Å². The first-order valence-corrected chi connectivity index (χ1v) is 5.33. The zero-order valence-electron chi connectivity index (χ0n) is 9.08. The van der Waals surface area contributed by atoms with Crippen molar-refractivity contribution in [2.75, 3.05) is 5.32 Å². The van der Waals surface area contributed by atoms with Gasteiger partial charge < -0.3 is 11.1 Å². The van der Waals surface area contributed by atoms with Gasteiger partial charge in [-0.3, -0.25) is 4.79 Å². The molecule has 2 unspecified atom stereocenters. The molecule has 1 aromatic rings. The fourth-order valence-electron chi connectivity index (χ4n) is 1.90. The van der Waals surface area contributed by atoms with Gasteiger partial charge in [0.2, 0.25) is 5.91 Å². The van der Waals surface area contributed by atoms with E-state index in [0.29, 0.717) is 0 Å². The van der Waals surface area contributed by atoms with E-state index in [0.717, 1.165) is 23.2 Å². The van der Waals surface area contributed by atoms with Gasteiger partial charge in [-0.1, -0.05) is 19.1 Å². The maximum atomic E-state index is 11.4. The molecule has 0 aliphatic carbocycles. The van der Waals surface area contributed by atoms with E-state index in [4.69, 9.17) is 5.73 Å². The van der Waals surface area contributed by atoms with E-state index in [2.05, 4.69) is 12.2 Å². The highest BCUT2D eigenvalue weighted by Crippen LogP contribution is 2.33. The van der Waals surface area contributed by atoms with Crippen molar-refractivity contribution in [2.24, 2.45) is 5.73 Å².